The quantitative estimate of drug-likeness (QED) is 0.239. The van der Waals surface area contributed by atoms with Crippen LogP contribution in [0.1, 0.15) is 12.0 Å². The predicted octanol–water partition coefficient (Wildman–Crippen LogP) is 4.44. The number of para-hydroxylation sites is 1. The lowest BCUT2D eigenvalue weighted by Crippen LogP contribution is -2.39. The second kappa shape index (κ2) is 13.6. The highest BCUT2D eigenvalue weighted by atomic mass is 32.2. The van der Waals surface area contributed by atoms with Gasteiger partial charge in [0.05, 0.1) is 61.4 Å². The Bertz CT molecular complexity index is 1720. The molecule has 0 amide bonds. The van der Waals surface area contributed by atoms with Crippen LogP contribution in [0.5, 0.6) is 11.5 Å². The third kappa shape index (κ3) is 7.18. The average molecular weight is 621 g/mol. The SMILES string of the molecule is COc1cc(-c2cnc3cccc(-c4ccc(CN5CCS(=O)(=O)CC5)c(F)c4)c3n2)ccc1OCCCN1CCOCC1. The lowest BCUT2D eigenvalue weighted by molar-refractivity contribution is 0.0357. The fourth-order valence-electron chi connectivity index (χ4n) is 5.64. The van der Waals surface area contributed by atoms with E-state index in [0.717, 1.165) is 50.4 Å². The van der Waals surface area contributed by atoms with Crippen molar-refractivity contribution in [3.8, 4) is 33.9 Å². The van der Waals surface area contributed by atoms with E-state index in [2.05, 4.69) is 9.88 Å². The molecule has 3 heterocycles. The van der Waals surface area contributed by atoms with Crippen LogP contribution in [0.2, 0.25) is 0 Å². The van der Waals surface area contributed by atoms with Crippen LogP contribution in [0.25, 0.3) is 33.4 Å². The normalized spacial score (nSPS) is 17.5. The Labute approximate surface area is 257 Å². The van der Waals surface area contributed by atoms with E-state index in [1.54, 1.807) is 19.4 Å². The van der Waals surface area contributed by atoms with Crippen molar-refractivity contribution in [1.29, 1.82) is 0 Å². The minimum atomic E-state index is -2.99. The van der Waals surface area contributed by atoms with E-state index < -0.39 is 9.84 Å². The highest BCUT2D eigenvalue weighted by molar-refractivity contribution is 7.91. The average Bonchev–Trinajstić information content (AvgIpc) is 3.05. The molecule has 0 radical (unpaired) electrons. The molecule has 2 saturated heterocycles. The molecule has 2 aliphatic heterocycles. The first-order valence-electron chi connectivity index (χ1n) is 15.0. The van der Waals surface area contributed by atoms with Crippen LogP contribution in [0.3, 0.4) is 0 Å². The number of hydrogen-bond acceptors (Lipinski definition) is 9. The highest BCUT2D eigenvalue weighted by Gasteiger charge is 2.22. The van der Waals surface area contributed by atoms with Crippen LogP contribution >= 0.6 is 0 Å². The van der Waals surface area contributed by atoms with Gasteiger partial charge in [0.2, 0.25) is 0 Å². The molecule has 2 fully saturated rings. The largest absolute Gasteiger partial charge is 0.493 e. The fraction of sp³-hybridized carbons (Fsp3) is 0.394. The first-order valence-corrected chi connectivity index (χ1v) is 16.8. The van der Waals surface area contributed by atoms with E-state index in [1.165, 1.54) is 6.07 Å². The van der Waals surface area contributed by atoms with E-state index in [0.29, 0.717) is 65.6 Å². The van der Waals surface area contributed by atoms with Crippen molar-refractivity contribution in [2.24, 2.45) is 0 Å². The summed E-state index contributed by atoms with van der Waals surface area (Å²) in [6.07, 6.45) is 2.64. The molecule has 0 bridgehead atoms. The molecule has 0 atom stereocenters. The Morgan fingerprint density at radius 1 is 0.932 bits per heavy atom. The number of morpholine rings is 1. The number of methoxy groups -OCH3 is 1. The number of benzene rings is 3. The van der Waals surface area contributed by atoms with Crippen molar-refractivity contribution in [2.75, 3.05) is 71.2 Å². The summed E-state index contributed by atoms with van der Waals surface area (Å²) in [7, 11) is -1.37. The summed E-state index contributed by atoms with van der Waals surface area (Å²) in [6, 6.07) is 16.6. The van der Waals surface area contributed by atoms with E-state index in [9.17, 15) is 8.42 Å². The lowest BCUT2D eigenvalue weighted by atomic mass is 10.0. The number of rotatable bonds is 10. The van der Waals surface area contributed by atoms with Crippen molar-refractivity contribution < 1.29 is 27.0 Å². The summed E-state index contributed by atoms with van der Waals surface area (Å²) in [6.45, 7) is 6.25. The van der Waals surface area contributed by atoms with Gasteiger partial charge in [-0.05, 0) is 42.3 Å². The topological polar surface area (TPSA) is 94.1 Å². The number of aromatic nitrogens is 2. The maximum absolute atomic E-state index is 15.3. The zero-order valence-corrected chi connectivity index (χ0v) is 25.7. The Morgan fingerprint density at radius 2 is 1.73 bits per heavy atom. The van der Waals surface area contributed by atoms with Crippen LogP contribution in [0.15, 0.2) is 60.8 Å². The van der Waals surface area contributed by atoms with E-state index in [-0.39, 0.29) is 17.3 Å². The molecule has 0 unspecified atom stereocenters. The van der Waals surface area contributed by atoms with Gasteiger partial charge < -0.3 is 14.2 Å². The van der Waals surface area contributed by atoms with Gasteiger partial charge in [-0.15, -0.1) is 0 Å². The third-order valence-electron chi connectivity index (χ3n) is 8.21. The van der Waals surface area contributed by atoms with Crippen LogP contribution in [0, 0.1) is 5.82 Å². The number of sulfone groups is 1. The van der Waals surface area contributed by atoms with Gasteiger partial charge >= 0.3 is 0 Å². The van der Waals surface area contributed by atoms with Crippen LogP contribution in [-0.4, -0.2) is 99.3 Å². The molecular formula is C33H37FN4O5S. The second-order valence-electron chi connectivity index (χ2n) is 11.2. The van der Waals surface area contributed by atoms with Gasteiger partial charge in [0.1, 0.15) is 5.82 Å². The van der Waals surface area contributed by atoms with Crippen molar-refractivity contribution in [1.82, 2.24) is 19.8 Å². The summed E-state index contributed by atoms with van der Waals surface area (Å²) >= 11 is 0. The molecule has 0 saturated carbocycles. The summed E-state index contributed by atoms with van der Waals surface area (Å²) in [4.78, 5) is 14.0. The van der Waals surface area contributed by atoms with Crippen LogP contribution < -0.4 is 9.47 Å². The van der Waals surface area contributed by atoms with Crippen molar-refractivity contribution in [3.63, 3.8) is 0 Å². The zero-order chi connectivity index (χ0) is 30.5. The Balaban J connectivity index is 1.18. The predicted molar refractivity (Wildman–Crippen MR) is 168 cm³/mol. The van der Waals surface area contributed by atoms with Gasteiger partial charge in [-0.25, -0.2) is 17.8 Å². The van der Waals surface area contributed by atoms with Gasteiger partial charge in [0.15, 0.2) is 21.3 Å². The summed E-state index contributed by atoms with van der Waals surface area (Å²) < 4.78 is 55.9. The van der Waals surface area contributed by atoms with Crippen LogP contribution in [0.4, 0.5) is 4.39 Å². The maximum atomic E-state index is 15.3. The van der Waals surface area contributed by atoms with Crippen molar-refractivity contribution >= 4 is 20.9 Å². The first-order chi connectivity index (χ1) is 21.4. The number of halogens is 1. The van der Waals surface area contributed by atoms with Gasteiger partial charge in [0, 0.05) is 56.0 Å². The summed E-state index contributed by atoms with van der Waals surface area (Å²) in [5, 5.41) is 0. The van der Waals surface area contributed by atoms with E-state index >= 15 is 4.39 Å². The summed E-state index contributed by atoms with van der Waals surface area (Å²) in [5.41, 5.74) is 4.88. The van der Waals surface area contributed by atoms with E-state index in [1.807, 2.05) is 47.4 Å². The summed E-state index contributed by atoms with van der Waals surface area (Å²) in [5.74, 6) is 1.19. The monoisotopic (exact) mass is 620 g/mol. The molecular weight excluding hydrogens is 583 g/mol. The zero-order valence-electron chi connectivity index (χ0n) is 24.9. The standard InChI is InChI=1S/C33H37FN4O5S/c1-41-32-21-25(8-9-31(32)43-15-3-10-37-11-16-42-17-12-37)30-22-35-29-5-2-4-27(33(29)36-30)24-6-7-26(28(34)20-24)23-38-13-18-44(39,40)19-14-38/h2,4-9,20-22H,3,10-19,23H2,1H3. The molecule has 4 aromatic rings. The molecule has 11 heteroatoms. The molecule has 44 heavy (non-hydrogen) atoms. The number of fused-ring (bicyclic) bond motifs is 1. The Hall–Kier alpha value is -3.64. The van der Waals surface area contributed by atoms with E-state index in [4.69, 9.17) is 19.2 Å². The molecule has 0 aliphatic carbocycles. The van der Waals surface area contributed by atoms with Gasteiger partial charge in [-0.1, -0.05) is 24.3 Å². The highest BCUT2D eigenvalue weighted by Crippen LogP contribution is 2.34. The molecule has 0 spiro atoms. The van der Waals surface area contributed by atoms with Gasteiger partial charge in [-0.3, -0.25) is 14.8 Å². The number of nitrogens with zero attached hydrogens (tertiary/aromatic N) is 4. The van der Waals surface area contributed by atoms with Crippen molar-refractivity contribution in [2.45, 2.75) is 13.0 Å². The van der Waals surface area contributed by atoms with Crippen molar-refractivity contribution in [3.05, 3.63) is 72.2 Å². The lowest BCUT2D eigenvalue weighted by Gasteiger charge is -2.26. The minimum Gasteiger partial charge on any atom is -0.493 e. The van der Waals surface area contributed by atoms with Gasteiger partial charge in [0.25, 0.3) is 0 Å². The first kappa shape index (κ1) is 30.4. The van der Waals surface area contributed by atoms with Crippen LogP contribution in [-0.2, 0) is 21.1 Å². The number of ether oxygens (including phenoxy) is 3. The smallest absolute Gasteiger partial charge is 0.161 e. The second-order valence-corrected chi connectivity index (χ2v) is 13.5. The molecule has 232 valence electrons. The number of hydrogen-bond donors (Lipinski definition) is 0. The Kier molecular flexibility index (Phi) is 9.36. The molecule has 9 nitrogen and oxygen atoms in total. The minimum absolute atomic E-state index is 0.112. The van der Waals surface area contributed by atoms with Gasteiger partial charge in [-0.2, -0.15) is 0 Å². The Morgan fingerprint density at radius 3 is 2.50 bits per heavy atom. The molecule has 0 N–H and O–H groups in total. The molecule has 1 aromatic heterocycles. The third-order valence-corrected chi connectivity index (χ3v) is 9.82. The molecule has 2 aliphatic rings. The fourth-order valence-corrected chi connectivity index (χ4v) is 6.92. The molecule has 3 aromatic carbocycles. The maximum Gasteiger partial charge on any atom is 0.161 e. The molecule has 6 rings (SSSR count).